The second kappa shape index (κ2) is 11.2. The van der Waals surface area contributed by atoms with Gasteiger partial charge in [0.15, 0.2) is 5.43 Å². The summed E-state index contributed by atoms with van der Waals surface area (Å²) in [6.45, 7) is 7.82. The molecule has 1 saturated heterocycles. The van der Waals surface area contributed by atoms with E-state index in [0.717, 1.165) is 67.9 Å². The van der Waals surface area contributed by atoms with Crippen molar-refractivity contribution in [3.63, 3.8) is 0 Å². The monoisotopic (exact) mass is 555 g/mol. The lowest BCUT2D eigenvalue weighted by molar-refractivity contribution is -0.908. The van der Waals surface area contributed by atoms with Crippen LogP contribution in [0.4, 0.5) is 0 Å². The van der Waals surface area contributed by atoms with E-state index >= 15 is 0 Å². The number of hydrogen-bond acceptors (Lipinski definition) is 5. The van der Waals surface area contributed by atoms with Crippen molar-refractivity contribution in [2.45, 2.75) is 32.2 Å². The average Bonchev–Trinajstić information content (AvgIpc) is 3.17. The van der Waals surface area contributed by atoms with Crippen molar-refractivity contribution in [2.75, 3.05) is 46.0 Å². The number of rotatable bonds is 9. The van der Waals surface area contributed by atoms with Crippen LogP contribution < -0.4 is 15.1 Å². The molecule has 1 fully saturated rings. The van der Waals surface area contributed by atoms with Crippen molar-refractivity contribution in [3.05, 3.63) is 74.0 Å². The van der Waals surface area contributed by atoms with Gasteiger partial charge in [0.05, 0.1) is 43.4 Å². The van der Waals surface area contributed by atoms with Gasteiger partial charge in [-0.3, -0.25) is 9.59 Å². The van der Waals surface area contributed by atoms with Gasteiger partial charge in [-0.25, -0.2) is 0 Å². The molecule has 1 aromatic heterocycles. The molecular formula is C28H32BrN2O5+. The average molecular weight is 556 g/mol. The molecule has 8 heteroatoms. The van der Waals surface area contributed by atoms with Gasteiger partial charge in [-0.05, 0) is 42.3 Å². The van der Waals surface area contributed by atoms with Gasteiger partial charge in [-0.15, -0.1) is 0 Å². The van der Waals surface area contributed by atoms with Crippen LogP contribution in [-0.4, -0.2) is 56.8 Å². The van der Waals surface area contributed by atoms with Crippen molar-refractivity contribution in [1.29, 1.82) is 0 Å². The van der Waals surface area contributed by atoms with Gasteiger partial charge < -0.3 is 23.7 Å². The van der Waals surface area contributed by atoms with E-state index in [0.29, 0.717) is 29.7 Å². The molecule has 0 bridgehead atoms. The second-order valence-electron chi connectivity index (χ2n) is 9.45. The lowest BCUT2D eigenvalue weighted by atomic mass is 9.98. The number of fused-ring (bicyclic) bond motifs is 2. The Morgan fingerprint density at radius 2 is 1.86 bits per heavy atom. The lowest BCUT2D eigenvalue weighted by Crippen LogP contribution is -3.14. The molecule has 2 aliphatic rings. The third kappa shape index (κ3) is 5.08. The number of quaternary nitrogens is 1. The molecule has 0 radical (unpaired) electrons. The van der Waals surface area contributed by atoms with Crippen molar-refractivity contribution >= 4 is 32.8 Å². The number of unbranched alkanes of at least 4 members (excludes halogenated alkanes) is 1. The SMILES string of the molecule is CCCCOc1ccc(C2c3c(oc4ccc(Br)cc4c3=O)C(=O)N2CCC[NH+]2CCOCC2)cc1. The summed E-state index contributed by atoms with van der Waals surface area (Å²) in [6, 6.07) is 12.6. The molecule has 1 N–H and O–H groups in total. The number of nitrogens with one attached hydrogen (secondary N) is 1. The van der Waals surface area contributed by atoms with Crippen LogP contribution in [-0.2, 0) is 4.74 Å². The van der Waals surface area contributed by atoms with E-state index in [9.17, 15) is 9.59 Å². The Morgan fingerprint density at radius 1 is 1.08 bits per heavy atom. The van der Waals surface area contributed by atoms with Crippen LogP contribution in [0.15, 0.2) is 56.1 Å². The summed E-state index contributed by atoms with van der Waals surface area (Å²) in [5.74, 6) is 0.715. The molecule has 0 saturated carbocycles. The number of benzene rings is 2. The quantitative estimate of drug-likeness (QED) is 0.408. The summed E-state index contributed by atoms with van der Waals surface area (Å²) in [5, 5.41) is 0.472. The first-order valence-corrected chi connectivity index (χ1v) is 13.6. The highest BCUT2D eigenvalue weighted by Crippen LogP contribution is 2.38. The number of amides is 1. The normalized spacial score (nSPS) is 18.1. The Balaban J connectivity index is 1.48. The first-order chi connectivity index (χ1) is 17.6. The number of ether oxygens (including phenoxy) is 2. The Kier molecular flexibility index (Phi) is 7.74. The van der Waals surface area contributed by atoms with E-state index in [1.165, 1.54) is 4.90 Å². The topological polar surface area (TPSA) is 73.4 Å². The molecule has 1 unspecified atom stereocenters. The molecule has 36 heavy (non-hydrogen) atoms. The fourth-order valence-electron chi connectivity index (χ4n) is 5.06. The fourth-order valence-corrected chi connectivity index (χ4v) is 5.42. The lowest BCUT2D eigenvalue weighted by Gasteiger charge is -2.27. The predicted octanol–water partition coefficient (Wildman–Crippen LogP) is 3.58. The predicted molar refractivity (Wildman–Crippen MR) is 141 cm³/mol. The largest absolute Gasteiger partial charge is 0.494 e. The van der Waals surface area contributed by atoms with Crippen LogP contribution in [0.25, 0.3) is 11.0 Å². The Morgan fingerprint density at radius 3 is 2.61 bits per heavy atom. The molecule has 7 nitrogen and oxygen atoms in total. The van der Waals surface area contributed by atoms with Crippen LogP contribution >= 0.6 is 15.9 Å². The Hall–Kier alpha value is -2.68. The number of halogens is 1. The first-order valence-electron chi connectivity index (χ1n) is 12.8. The maximum absolute atomic E-state index is 13.7. The maximum atomic E-state index is 13.7. The fraction of sp³-hybridized carbons (Fsp3) is 0.429. The second-order valence-corrected chi connectivity index (χ2v) is 10.4. The molecule has 2 aliphatic heterocycles. The van der Waals surface area contributed by atoms with Crippen LogP contribution in [0.2, 0.25) is 0 Å². The van der Waals surface area contributed by atoms with E-state index in [1.807, 2.05) is 30.3 Å². The number of hydrogen-bond donors (Lipinski definition) is 1. The molecule has 3 heterocycles. The highest BCUT2D eigenvalue weighted by molar-refractivity contribution is 9.10. The van der Waals surface area contributed by atoms with Crippen molar-refractivity contribution in [2.24, 2.45) is 0 Å². The van der Waals surface area contributed by atoms with Gasteiger partial charge in [-0.2, -0.15) is 0 Å². The van der Waals surface area contributed by atoms with Gasteiger partial charge in [0, 0.05) is 17.4 Å². The number of carbonyl (C=O) groups is 1. The van der Waals surface area contributed by atoms with Gasteiger partial charge in [0.1, 0.15) is 24.4 Å². The van der Waals surface area contributed by atoms with E-state index in [2.05, 4.69) is 22.9 Å². The van der Waals surface area contributed by atoms with Crippen molar-refractivity contribution in [1.82, 2.24) is 4.90 Å². The summed E-state index contributed by atoms with van der Waals surface area (Å²) in [6.07, 6.45) is 2.90. The third-order valence-corrected chi connectivity index (χ3v) is 7.51. The first kappa shape index (κ1) is 25.0. The van der Waals surface area contributed by atoms with E-state index in [-0.39, 0.29) is 17.1 Å². The summed E-state index contributed by atoms with van der Waals surface area (Å²) in [7, 11) is 0. The molecule has 190 valence electrons. The molecule has 3 aromatic rings. The highest BCUT2D eigenvalue weighted by atomic mass is 79.9. The number of morpholine rings is 1. The zero-order valence-electron chi connectivity index (χ0n) is 20.6. The summed E-state index contributed by atoms with van der Waals surface area (Å²) in [5.41, 5.74) is 1.57. The van der Waals surface area contributed by atoms with Crippen LogP contribution in [0.1, 0.15) is 53.9 Å². The summed E-state index contributed by atoms with van der Waals surface area (Å²) in [4.78, 5) is 30.6. The molecule has 0 aliphatic carbocycles. The highest BCUT2D eigenvalue weighted by Gasteiger charge is 2.42. The molecule has 5 rings (SSSR count). The molecule has 1 atom stereocenters. The summed E-state index contributed by atoms with van der Waals surface area (Å²) >= 11 is 3.45. The van der Waals surface area contributed by atoms with Gasteiger partial charge in [0.2, 0.25) is 5.76 Å². The number of nitrogens with zero attached hydrogens (tertiary/aromatic N) is 1. The van der Waals surface area contributed by atoms with Gasteiger partial charge >= 0.3 is 0 Å². The molecule has 1 amide bonds. The van der Waals surface area contributed by atoms with Gasteiger partial charge in [0.25, 0.3) is 5.91 Å². The minimum absolute atomic E-state index is 0.154. The third-order valence-electron chi connectivity index (χ3n) is 7.02. The zero-order chi connectivity index (χ0) is 25.1. The smallest absolute Gasteiger partial charge is 0.290 e. The molecular weight excluding hydrogens is 524 g/mol. The minimum Gasteiger partial charge on any atom is -0.494 e. The standard InChI is InChI=1S/C28H31BrN2O5/c1-2-3-15-35-21-8-5-19(6-9-21)25-24-26(32)22-18-20(29)7-10-23(22)36-27(24)28(33)31(25)12-4-11-30-13-16-34-17-14-30/h5-10,18,25H,2-4,11-17H2,1H3/p+1. The van der Waals surface area contributed by atoms with Crippen LogP contribution in [0.3, 0.4) is 0 Å². The van der Waals surface area contributed by atoms with E-state index in [4.69, 9.17) is 13.9 Å². The maximum Gasteiger partial charge on any atom is 0.290 e. The van der Waals surface area contributed by atoms with Crippen LogP contribution in [0.5, 0.6) is 5.75 Å². The number of carbonyl (C=O) groups excluding carboxylic acids is 1. The Labute approximate surface area is 219 Å². The Bertz CT molecular complexity index is 1280. The van der Waals surface area contributed by atoms with E-state index in [1.54, 1.807) is 17.0 Å². The van der Waals surface area contributed by atoms with Gasteiger partial charge in [-0.1, -0.05) is 41.4 Å². The van der Waals surface area contributed by atoms with E-state index < -0.39 is 6.04 Å². The zero-order valence-corrected chi connectivity index (χ0v) is 22.1. The van der Waals surface area contributed by atoms with Crippen molar-refractivity contribution in [3.8, 4) is 5.75 Å². The minimum atomic E-state index is -0.489. The summed E-state index contributed by atoms with van der Waals surface area (Å²) < 4.78 is 18.2. The van der Waals surface area contributed by atoms with Crippen molar-refractivity contribution < 1.29 is 23.6 Å². The molecule has 0 spiro atoms. The molecule has 2 aromatic carbocycles. The van der Waals surface area contributed by atoms with Crippen LogP contribution in [0, 0.1) is 0 Å².